The van der Waals surface area contributed by atoms with Crippen LogP contribution >= 0.6 is 0 Å². The average Bonchev–Trinajstić information content (AvgIpc) is 2.37. The molecule has 0 bridgehead atoms. The second-order valence-corrected chi connectivity index (χ2v) is 5.07. The fraction of sp³-hybridized carbons (Fsp3) is 0.538. The summed E-state index contributed by atoms with van der Waals surface area (Å²) in [6.07, 6.45) is -0.0402. The van der Waals surface area contributed by atoms with Crippen LogP contribution < -0.4 is 4.90 Å². The molecule has 110 valence electrons. The summed E-state index contributed by atoms with van der Waals surface area (Å²) in [5.41, 5.74) is -0.139. The number of benzene rings is 1. The van der Waals surface area contributed by atoms with E-state index in [4.69, 9.17) is 4.74 Å². The van der Waals surface area contributed by atoms with Crippen LogP contribution in [0.15, 0.2) is 18.2 Å². The van der Waals surface area contributed by atoms with E-state index in [9.17, 15) is 14.5 Å². The van der Waals surface area contributed by atoms with Crippen LogP contribution in [0.25, 0.3) is 0 Å². The Morgan fingerprint density at radius 3 is 2.95 bits per heavy atom. The van der Waals surface area contributed by atoms with Crippen LogP contribution in [0, 0.1) is 15.9 Å². The first-order valence-corrected chi connectivity index (χ1v) is 6.43. The van der Waals surface area contributed by atoms with Crippen molar-refractivity contribution in [3.8, 4) is 0 Å². The number of para-hydroxylation sites is 1. The van der Waals surface area contributed by atoms with Crippen molar-refractivity contribution in [2.45, 2.75) is 6.10 Å². The van der Waals surface area contributed by atoms with Crippen molar-refractivity contribution in [3.05, 3.63) is 34.1 Å². The minimum absolute atomic E-state index is 0.0402. The van der Waals surface area contributed by atoms with E-state index in [0.29, 0.717) is 25.4 Å². The number of nitro groups is 1. The van der Waals surface area contributed by atoms with E-state index < -0.39 is 16.4 Å². The predicted octanol–water partition coefficient (Wildman–Crippen LogP) is 1.50. The minimum Gasteiger partial charge on any atom is -0.373 e. The molecule has 1 unspecified atom stereocenters. The summed E-state index contributed by atoms with van der Waals surface area (Å²) in [5.74, 6) is -0.803. The van der Waals surface area contributed by atoms with Gasteiger partial charge in [0.25, 0.3) is 0 Å². The van der Waals surface area contributed by atoms with Crippen molar-refractivity contribution in [2.75, 3.05) is 45.2 Å². The molecule has 1 saturated heterocycles. The average molecular weight is 283 g/mol. The van der Waals surface area contributed by atoms with Gasteiger partial charge in [0.1, 0.15) is 5.69 Å². The summed E-state index contributed by atoms with van der Waals surface area (Å²) < 4.78 is 19.3. The fourth-order valence-electron chi connectivity index (χ4n) is 2.40. The molecule has 0 spiro atoms. The van der Waals surface area contributed by atoms with Gasteiger partial charge >= 0.3 is 5.69 Å². The molecule has 1 heterocycles. The Kier molecular flexibility index (Phi) is 4.51. The Hall–Kier alpha value is -1.73. The maximum absolute atomic E-state index is 13.7. The Labute approximate surface area is 116 Å². The number of halogens is 1. The SMILES string of the molecule is CN(C)CC1CN(c2cccc(F)c2[N+](=O)[O-])CCO1. The smallest absolute Gasteiger partial charge is 0.327 e. The second-order valence-electron chi connectivity index (χ2n) is 5.07. The number of likely N-dealkylation sites (N-methyl/N-ethyl adjacent to an activating group) is 1. The second kappa shape index (κ2) is 6.15. The minimum atomic E-state index is -0.803. The number of anilines is 1. The molecule has 1 aromatic rings. The molecule has 0 aromatic heterocycles. The standard InChI is InChI=1S/C13H18FN3O3/c1-15(2)8-10-9-16(6-7-20-10)12-5-3-4-11(14)13(12)17(18)19/h3-5,10H,6-9H2,1-2H3. The maximum Gasteiger partial charge on any atom is 0.327 e. The van der Waals surface area contributed by atoms with Gasteiger partial charge < -0.3 is 14.5 Å². The first-order valence-electron chi connectivity index (χ1n) is 6.43. The summed E-state index contributed by atoms with van der Waals surface area (Å²) in [5, 5.41) is 11.0. The Morgan fingerprint density at radius 1 is 1.55 bits per heavy atom. The Morgan fingerprint density at radius 2 is 2.30 bits per heavy atom. The Bertz CT molecular complexity index is 496. The van der Waals surface area contributed by atoms with Crippen molar-refractivity contribution < 1.29 is 14.1 Å². The van der Waals surface area contributed by atoms with Crippen LogP contribution in [0.2, 0.25) is 0 Å². The predicted molar refractivity (Wildman–Crippen MR) is 73.6 cm³/mol. The van der Waals surface area contributed by atoms with Gasteiger partial charge in [-0.05, 0) is 26.2 Å². The topological polar surface area (TPSA) is 58.9 Å². The third kappa shape index (κ3) is 3.23. The van der Waals surface area contributed by atoms with Crippen LogP contribution in [0.3, 0.4) is 0 Å². The van der Waals surface area contributed by atoms with Crippen LogP contribution in [0.4, 0.5) is 15.8 Å². The van der Waals surface area contributed by atoms with E-state index in [0.717, 1.165) is 12.6 Å². The molecule has 0 saturated carbocycles. The van der Waals surface area contributed by atoms with Crippen molar-refractivity contribution in [1.82, 2.24) is 4.90 Å². The number of morpholine rings is 1. The lowest BCUT2D eigenvalue weighted by Crippen LogP contribution is -2.46. The van der Waals surface area contributed by atoms with Crippen molar-refractivity contribution in [1.29, 1.82) is 0 Å². The number of nitrogens with zero attached hydrogens (tertiary/aromatic N) is 3. The van der Waals surface area contributed by atoms with Crippen LogP contribution in [-0.4, -0.2) is 56.3 Å². The highest BCUT2D eigenvalue weighted by molar-refractivity contribution is 5.64. The lowest BCUT2D eigenvalue weighted by molar-refractivity contribution is -0.386. The lowest BCUT2D eigenvalue weighted by atomic mass is 10.2. The zero-order valence-corrected chi connectivity index (χ0v) is 11.6. The first-order chi connectivity index (χ1) is 9.49. The largest absolute Gasteiger partial charge is 0.373 e. The fourth-order valence-corrected chi connectivity index (χ4v) is 2.40. The van der Waals surface area contributed by atoms with Crippen LogP contribution in [0.5, 0.6) is 0 Å². The molecule has 20 heavy (non-hydrogen) atoms. The molecule has 1 atom stereocenters. The van der Waals surface area contributed by atoms with Crippen molar-refractivity contribution in [2.24, 2.45) is 0 Å². The van der Waals surface area contributed by atoms with E-state index in [1.807, 2.05) is 23.9 Å². The van der Waals surface area contributed by atoms with Gasteiger partial charge in [-0.15, -0.1) is 0 Å². The zero-order valence-electron chi connectivity index (χ0n) is 11.6. The molecule has 1 aliphatic rings. The molecular formula is C13H18FN3O3. The van der Waals surface area contributed by atoms with E-state index in [1.165, 1.54) is 6.07 Å². The number of hydrogen-bond acceptors (Lipinski definition) is 5. The van der Waals surface area contributed by atoms with Gasteiger partial charge in [0, 0.05) is 19.6 Å². The van der Waals surface area contributed by atoms with Gasteiger partial charge in [0.15, 0.2) is 0 Å². The van der Waals surface area contributed by atoms with Gasteiger partial charge in [0.2, 0.25) is 5.82 Å². The summed E-state index contributed by atoms with van der Waals surface area (Å²) in [7, 11) is 3.87. The number of nitro benzene ring substituents is 1. The maximum atomic E-state index is 13.7. The Balaban J connectivity index is 2.23. The highest BCUT2D eigenvalue weighted by atomic mass is 19.1. The summed E-state index contributed by atoms with van der Waals surface area (Å²) in [6.45, 7) is 2.24. The normalized spacial score (nSPS) is 19.4. The van der Waals surface area contributed by atoms with Crippen LogP contribution in [-0.2, 0) is 4.74 Å². The molecular weight excluding hydrogens is 265 g/mol. The summed E-state index contributed by atoms with van der Waals surface area (Å²) in [6, 6.07) is 4.19. The van der Waals surface area contributed by atoms with E-state index in [2.05, 4.69) is 0 Å². The van der Waals surface area contributed by atoms with E-state index in [-0.39, 0.29) is 6.10 Å². The number of rotatable bonds is 4. The molecule has 1 aromatic carbocycles. The zero-order chi connectivity index (χ0) is 14.7. The molecule has 1 aliphatic heterocycles. The third-order valence-electron chi connectivity index (χ3n) is 3.20. The highest BCUT2D eigenvalue weighted by Gasteiger charge is 2.28. The molecule has 2 rings (SSSR count). The summed E-state index contributed by atoms with van der Waals surface area (Å²) in [4.78, 5) is 14.2. The van der Waals surface area contributed by atoms with Crippen LogP contribution in [0.1, 0.15) is 0 Å². The highest BCUT2D eigenvalue weighted by Crippen LogP contribution is 2.31. The van der Waals surface area contributed by atoms with E-state index in [1.54, 1.807) is 6.07 Å². The monoisotopic (exact) mass is 283 g/mol. The molecule has 1 fully saturated rings. The molecule has 0 aliphatic carbocycles. The summed E-state index contributed by atoms with van der Waals surface area (Å²) >= 11 is 0. The molecule has 0 N–H and O–H groups in total. The van der Waals surface area contributed by atoms with Gasteiger partial charge in [0.05, 0.1) is 17.6 Å². The molecule has 6 nitrogen and oxygen atoms in total. The first kappa shape index (κ1) is 14.7. The van der Waals surface area contributed by atoms with Crippen molar-refractivity contribution in [3.63, 3.8) is 0 Å². The van der Waals surface area contributed by atoms with Gasteiger partial charge in [-0.3, -0.25) is 10.1 Å². The number of ether oxygens (including phenoxy) is 1. The number of hydrogen-bond donors (Lipinski definition) is 0. The quantitative estimate of drug-likeness (QED) is 0.619. The van der Waals surface area contributed by atoms with Gasteiger partial charge in [-0.25, -0.2) is 0 Å². The van der Waals surface area contributed by atoms with Gasteiger partial charge in [-0.2, -0.15) is 4.39 Å². The molecule has 7 heteroatoms. The third-order valence-corrected chi connectivity index (χ3v) is 3.20. The van der Waals surface area contributed by atoms with Crippen molar-refractivity contribution >= 4 is 11.4 Å². The molecule has 0 amide bonds. The lowest BCUT2D eigenvalue weighted by Gasteiger charge is -2.35. The van der Waals surface area contributed by atoms with E-state index >= 15 is 0 Å². The molecule has 0 radical (unpaired) electrons. The van der Waals surface area contributed by atoms with Gasteiger partial charge in [-0.1, -0.05) is 6.07 Å².